The summed E-state index contributed by atoms with van der Waals surface area (Å²) in [7, 11) is 0. The SMILES string of the molecule is CC(=O)NN1C(=O)/C(=C\c2ccc(OC(F)F)cc2OC(F)F)SC1=S. The predicted octanol–water partition coefficient (Wildman–Crippen LogP) is 3.14. The van der Waals surface area contributed by atoms with E-state index >= 15 is 0 Å². The standard InChI is InChI=1S/C14H10F4N2O4S2/c1-6(21)19-20-11(22)10(26-14(20)25)4-7-2-3-8(23-12(15)16)5-9(7)24-13(17)18/h2-5,12-13H,1H3,(H,19,21)/b10-4+. The number of hydrogen-bond donors (Lipinski definition) is 1. The maximum Gasteiger partial charge on any atom is 0.387 e. The lowest BCUT2D eigenvalue weighted by molar-refractivity contribution is -0.131. The molecule has 0 saturated carbocycles. The summed E-state index contributed by atoms with van der Waals surface area (Å²) in [4.78, 5) is 23.3. The van der Waals surface area contributed by atoms with Crippen LogP contribution in [0.3, 0.4) is 0 Å². The van der Waals surface area contributed by atoms with E-state index in [0.29, 0.717) is 0 Å². The van der Waals surface area contributed by atoms with Crippen LogP contribution in [0.1, 0.15) is 12.5 Å². The summed E-state index contributed by atoms with van der Waals surface area (Å²) in [6.45, 7) is -5.19. The third-order valence-electron chi connectivity index (χ3n) is 2.78. The molecule has 6 nitrogen and oxygen atoms in total. The lowest BCUT2D eigenvalue weighted by Crippen LogP contribution is -2.43. The molecule has 1 aromatic carbocycles. The number of thiocarbonyl (C=S) groups is 1. The monoisotopic (exact) mass is 410 g/mol. The van der Waals surface area contributed by atoms with Gasteiger partial charge in [0.25, 0.3) is 5.91 Å². The van der Waals surface area contributed by atoms with E-state index in [1.807, 2.05) is 0 Å². The van der Waals surface area contributed by atoms with E-state index in [2.05, 4.69) is 14.9 Å². The lowest BCUT2D eigenvalue weighted by atomic mass is 10.1. The quantitative estimate of drug-likeness (QED) is 0.442. The fourth-order valence-electron chi connectivity index (χ4n) is 1.87. The first-order valence-electron chi connectivity index (χ1n) is 6.76. The van der Waals surface area contributed by atoms with Crippen molar-refractivity contribution in [2.24, 2.45) is 0 Å². The first kappa shape index (κ1) is 20.0. The van der Waals surface area contributed by atoms with Gasteiger partial charge in [-0.1, -0.05) is 11.8 Å². The minimum Gasteiger partial charge on any atom is -0.435 e. The van der Waals surface area contributed by atoms with E-state index in [0.717, 1.165) is 28.9 Å². The molecule has 1 saturated heterocycles. The normalized spacial score (nSPS) is 16.0. The number of benzene rings is 1. The number of amides is 2. The number of rotatable bonds is 6. The Hall–Kier alpha value is -2.34. The van der Waals surface area contributed by atoms with Gasteiger partial charge in [-0.15, -0.1) is 0 Å². The smallest absolute Gasteiger partial charge is 0.387 e. The van der Waals surface area contributed by atoms with Crippen molar-refractivity contribution in [3.8, 4) is 11.5 Å². The first-order chi connectivity index (χ1) is 12.2. The molecule has 1 aliphatic rings. The molecule has 0 bridgehead atoms. The highest BCUT2D eigenvalue weighted by Gasteiger charge is 2.33. The van der Waals surface area contributed by atoms with Gasteiger partial charge in [0.15, 0.2) is 4.32 Å². The van der Waals surface area contributed by atoms with Crippen molar-refractivity contribution in [3.05, 3.63) is 28.7 Å². The molecule has 1 aromatic rings. The van der Waals surface area contributed by atoms with Gasteiger partial charge in [0.2, 0.25) is 5.91 Å². The number of hydrazine groups is 1. The van der Waals surface area contributed by atoms with Crippen LogP contribution >= 0.6 is 24.0 Å². The van der Waals surface area contributed by atoms with Gasteiger partial charge in [-0.3, -0.25) is 15.0 Å². The molecule has 0 radical (unpaired) electrons. The number of alkyl halides is 4. The summed E-state index contributed by atoms with van der Waals surface area (Å²) in [5, 5.41) is 0.829. The van der Waals surface area contributed by atoms with Gasteiger partial charge in [-0.25, -0.2) is 0 Å². The minimum absolute atomic E-state index is 0.00948. The summed E-state index contributed by atoms with van der Waals surface area (Å²) in [5.41, 5.74) is 2.23. The highest BCUT2D eigenvalue weighted by atomic mass is 32.2. The molecule has 26 heavy (non-hydrogen) atoms. The fraction of sp³-hybridized carbons (Fsp3) is 0.214. The van der Waals surface area contributed by atoms with Crippen LogP contribution in [-0.2, 0) is 9.59 Å². The summed E-state index contributed by atoms with van der Waals surface area (Å²) in [5.74, 6) is -2.06. The summed E-state index contributed by atoms with van der Waals surface area (Å²) in [6.07, 6.45) is 1.19. The van der Waals surface area contributed by atoms with Crippen LogP contribution in [0, 0.1) is 0 Å². The van der Waals surface area contributed by atoms with Crippen LogP contribution in [0.2, 0.25) is 0 Å². The van der Waals surface area contributed by atoms with E-state index in [1.54, 1.807) is 0 Å². The molecule has 0 aromatic heterocycles. The molecule has 2 amide bonds. The number of carbonyl (C=O) groups excluding carboxylic acids is 2. The third kappa shape index (κ3) is 5.08. The van der Waals surface area contributed by atoms with Crippen LogP contribution in [-0.4, -0.2) is 34.4 Å². The maximum absolute atomic E-state index is 12.6. The Bertz CT molecular complexity index is 773. The Morgan fingerprint density at radius 2 is 1.92 bits per heavy atom. The zero-order chi connectivity index (χ0) is 19.4. The number of carbonyl (C=O) groups is 2. The Morgan fingerprint density at radius 1 is 1.27 bits per heavy atom. The van der Waals surface area contributed by atoms with Gasteiger partial charge in [0, 0.05) is 18.6 Å². The van der Waals surface area contributed by atoms with Crippen molar-refractivity contribution in [2.75, 3.05) is 0 Å². The maximum atomic E-state index is 12.6. The molecule has 2 rings (SSSR count). The molecule has 1 aliphatic heterocycles. The zero-order valence-electron chi connectivity index (χ0n) is 12.9. The Labute approximate surface area is 154 Å². The molecule has 0 unspecified atom stereocenters. The van der Waals surface area contributed by atoms with Crippen molar-refractivity contribution in [1.82, 2.24) is 10.4 Å². The molecule has 1 fully saturated rings. The Balaban J connectivity index is 2.35. The number of hydrogen-bond acceptors (Lipinski definition) is 6. The molecule has 1 heterocycles. The molecule has 0 atom stereocenters. The van der Waals surface area contributed by atoms with Gasteiger partial charge >= 0.3 is 13.2 Å². The molecule has 0 spiro atoms. The molecule has 12 heteroatoms. The highest BCUT2D eigenvalue weighted by Crippen LogP contribution is 2.35. The van der Waals surface area contributed by atoms with Gasteiger partial charge in [-0.2, -0.15) is 22.6 Å². The van der Waals surface area contributed by atoms with Crippen LogP contribution < -0.4 is 14.9 Å². The first-order valence-corrected chi connectivity index (χ1v) is 7.98. The van der Waals surface area contributed by atoms with Crippen molar-refractivity contribution < 1.29 is 36.6 Å². The number of nitrogens with one attached hydrogen (secondary N) is 1. The summed E-state index contributed by atoms with van der Waals surface area (Å²) in [6, 6.07) is 3.12. The largest absolute Gasteiger partial charge is 0.435 e. The van der Waals surface area contributed by atoms with Crippen molar-refractivity contribution >= 4 is 46.2 Å². The third-order valence-corrected chi connectivity index (χ3v) is 4.08. The fourth-order valence-corrected chi connectivity index (χ4v) is 3.04. The zero-order valence-corrected chi connectivity index (χ0v) is 14.5. The average Bonchev–Trinajstić information content (AvgIpc) is 2.76. The van der Waals surface area contributed by atoms with E-state index in [4.69, 9.17) is 12.2 Å². The second-order valence-corrected chi connectivity index (χ2v) is 6.32. The molecule has 1 N–H and O–H groups in total. The summed E-state index contributed by atoms with van der Waals surface area (Å²) < 4.78 is 58.1. The van der Waals surface area contributed by atoms with Crippen LogP contribution in [0.4, 0.5) is 17.6 Å². The number of halogens is 4. The topological polar surface area (TPSA) is 67.9 Å². The van der Waals surface area contributed by atoms with E-state index in [9.17, 15) is 27.2 Å². The van der Waals surface area contributed by atoms with Gasteiger partial charge in [-0.05, 0) is 30.4 Å². The Morgan fingerprint density at radius 3 is 2.50 bits per heavy atom. The van der Waals surface area contributed by atoms with Crippen LogP contribution in [0.25, 0.3) is 6.08 Å². The summed E-state index contributed by atoms with van der Waals surface area (Å²) >= 11 is 5.78. The predicted molar refractivity (Wildman–Crippen MR) is 88.5 cm³/mol. The van der Waals surface area contributed by atoms with Crippen LogP contribution in [0.5, 0.6) is 11.5 Å². The highest BCUT2D eigenvalue weighted by molar-refractivity contribution is 8.26. The van der Waals surface area contributed by atoms with Crippen LogP contribution in [0.15, 0.2) is 23.1 Å². The van der Waals surface area contributed by atoms with Crippen molar-refractivity contribution in [1.29, 1.82) is 0 Å². The minimum atomic E-state index is -3.22. The molecular weight excluding hydrogens is 400 g/mol. The van der Waals surface area contributed by atoms with Gasteiger partial charge in [0.1, 0.15) is 11.5 Å². The van der Waals surface area contributed by atoms with E-state index in [1.165, 1.54) is 19.1 Å². The van der Waals surface area contributed by atoms with E-state index in [-0.39, 0.29) is 14.8 Å². The second kappa shape index (κ2) is 8.36. The van der Waals surface area contributed by atoms with Crippen molar-refractivity contribution in [3.63, 3.8) is 0 Å². The van der Waals surface area contributed by atoms with Gasteiger partial charge in [0.05, 0.1) is 4.91 Å². The molecule has 0 aliphatic carbocycles. The lowest BCUT2D eigenvalue weighted by Gasteiger charge is -2.13. The second-order valence-electron chi connectivity index (χ2n) is 4.64. The van der Waals surface area contributed by atoms with Gasteiger partial charge < -0.3 is 9.47 Å². The number of thioether (sulfide) groups is 1. The number of ether oxygens (including phenoxy) is 2. The molecule has 140 valence electrons. The Kier molecular flexibility index (Phi) is 6.42. The average molecular weight is 410 g/mol. The number of nitrogens with zero attached hydrogens (tertiary/aromatic N) is 1. The van der Waals surface area contributed by atoms with E-state index < -0.39 is 36.5 Å². The molecular formula is C14H10F4N2O4S2. The van der Waals surface area contributed by atoms with Crippen molar-refractivity contribution in [2.45, 2.75) is 20.1 Å².